The summed E-state index contributed by atoms with van der Waals surface area (Å²) >= 11 is 0. The van der Waals surface area contributed by atoms with E-state index in [2.05, 4.69) is 28.1 Å². The fraction of sp³-hybridized carbons (Fsp3) is 0.760. The van der Waals surface area contributed by atoms with E-state index in [1.54, 1.807) is 0 Å². The lowest BCUT2D eigenvalue weighted by Crippen LogP contribution is -2.35. The molecule has 36 heavy (non-hydrogen) atoms. The summed E-state index contributed by atoms with van der Waals surface area (Å²) in [5.41, 5.74) is -3.26. The zero-order chi connectivity index (χ0) is 27.6. The Balaban J connectivity index is 0.000000696. The van der Waals surface area contributed by atoms with Crippen LogP contribution in [0.2, 0.25) is 0 Å². The molecule has 0 aliphatic carbocycles. The number of rotatable bonds is 18. The van der Waals surface area contributed by atoms with Gasteiger partial charge in [0.2, 0.25) is 0 Å². The molecule has 1 aromatic carbocycles. The maximum Gasteiger partial charge on any atom is 0.283 e. The van der Waals surface area contributed by atoms with Gasteiger partial charge in [-0.1, -0.05) is 84.0 Å². The Kier molecular flexibility index (Phi) is 17.0. The fourth-order valence-electron chi connectivity index (χ4n) is 3.74. The van der Waals surface area contributed by atoms with Gasteiger partial charge in [-0.05, 0) is 12.8 Å². The quantitative estimate of drug-likeness (QED) is 0.0922. The largest absolute Gasteiger partial charge is 0.863 e. The molecule has 1 rings (SSSR count). The molecule has 206 valence electrons. The van der Waals surface area contributed by atoms with E-state index in [0.29, 0.717) is 12.1 Å². The van der Waals surface area contributed by atoms with Gasteiger partial charge in [0.1, 0.15) is 0 Å². The maximum atomic E-state index is 11.1. The molecule has 0 aliphatic rings. The van der Waals surface area contributed by atoms with Crippen LogP contribution in [-0.4, -0.2) is 46.9 Å². The zero-order valence-corrected chi connectivity index (χ0v) is 22.4. The SMILES string of the molecule is CCCCCCCCCCCCCCCC[N+](C)(C)C.O=[N+]([O-])c1cc([N+](=O)[O-])c([O-])c([N+](=O)[O-])c1. The number of unbranched alkanes of at least 4 members (excludes halogenated alkanes) is 13. The van der Waals surface area contributed by atoms with Gasteiger partial charge >= 0.3 is 0 Å². The van der Waals surface area contributed by atoms with Crippen molar-refractivity contribution in [2.75, 3.05) is 27.7 Å². The summed E-state index contributed by atoms with van der Waals surface area (Å²) in [4.78, 5) is 27.5. The monoisotopic (exact) mass is 512 g/mol. The molecule has 0 amide bonds. The normalized spacial score (nSPS) is 11.0. The Bertz CT molecular complexity index is 775. The van der Waals surface area contributed by atoms with E-state index in [1.165, 1.54) is 96.4 Å². The number of nitro groups is 3. The van der Waals surface area contributed by atoms with E-state index < -0.39 is 37.6 Å². The number of quaternary nitrogens is 1. The minimum absolute atomic E-state index is 0.384. The van der Waals surface area contributed by atoms with E-state index in [0.717, 1.165) is 4.48 Å². The van der Waals surface area contributed by atoms with Crippen molar-refractivity contribution in [3.8, 4) is 5.75 Å². The smallest absolute Gasteiger partial charge is 0.283 e. The average Bonchev–Trinajstić information content (AvgIpc) is 2.78. The van der Waals surface area contributed by atoms with Crippen LogP contribution in [0, 0.1) is 30.3 Å². The molecule has 0 atom stereocenters. The average molecular weight is 513 g/mol. The zero-order valence-electron chi connectivity index (χ0n) is 22.4. The number of hydrogen-bond donors (Lipinski definition) is 0. The summed E-state index contributed by atoms with van der Waals surface area (Å²) in [6.45, 7) is 3.63. The molecular formula is C25H44N4O7. The number of non-ortho nitro benzene ring substituents is 1. The molecule has 0 heterocycles. The maximum absolute atomic E-state index is 11.1. The van der Waals surface area contributed by atoms with Gasteiger partial charge in [0.25, 0.3) is 17.1 Å². The lowest BCUT2D eigenvalue weighted by atomic mass is 10.0. The number of nitro benzene ring substituents is 3. The first kappa shape index (κ1) is 33.2. The molecule has 0 aromatic heterocycles. The molecule has 0 bridgehead atoms. The van der Waals surface area contributed by atoms with E-state index in [1.807, 2.05) is 0 Å². The van der Waals surface area contributed by atoms with Gasteiger partial charge < -0.3 is 9.59 Å². The van der Waals surface area contributed by atoms with Crippen LogP contribution >= 0.6 is 0 Å². The highest BCUT2D eigenvalue weighted by Crippen LogP contribution is 2.36. The van der Waals surface area contributed by atoms with E-state index in [9.17, 15) is 35.4 Å². The van der Waals surface area contributed by atoms with Crippen molar-refractivity contribution in [1.29, 1.82) is 0 Å². The number of benzene rings is 1. The molecule has 0 N–H and O–H groups in total. The van der Waals surface area contributed by atoms with Gasteiger partial charge in [0.05, 0.1) is 60.3 Å². The fourth-order valence-corrected chi connectivity index (χ4v) is 3.74. The molecule has 0 saturated heterocycles. The molecule has 0 fully saturated rings. The second kappa shape index (κ2) is 18.4. The van der Waals surface area contributed by atoms with Crippen molar-refractivity contribution in [3.63, 3.8) is 0 Å². The molecule has 0 radical (unpaired) electrons. The molecule has 11 heteroatoms. The van der Waals surface area contributed by atoms with Gasteiger partial charge in [0.15, 0.2) is 0 Å². The standard InChI is InChI=1S/C19H42N.C6H3N3O7/c1-5-6-7-8-9-10-11-12-13-14-15-16-17-18-19-20(2,3)4;10-6-4(8(13)14)1-3(7(11)12)2-5(6)9(15)16/h5-19H2,1-4H3;1-2,10H/q+1;/p-1. The van der Waals surface area contributed by atoms with Crippen LogP contribution in [0.5, 0.6) is 5.75 Å². The second-order valence-corrected chi connectivity index (χ2v) is 10.2. The molecule has 11 nitrogen and oxygen atoms in total. The Morgan fingerprint density at radius 3 is 1.22 bits per heavy atom. The Labute approximate surface area is 214 Å². The van der Waals surface area contributed by atoms with Gasteiger partial charge in [-0.15, -0.1) is 0 Å². The molecular weight excluding hydrogens is 468 g/mol. The van der Waals surface area contributed by atoms with Gasteiger partial charge in [0, 0.05) is 0 Å². The Morgan fingerprint density at radius 1 is 0.611 bits per heavy atom. The number of nitrogens with zero attached hydrogens (tertiary/aromatic N) is 4. The van der Waals surface area contributed by atoms with E-state index >= 15 is 0 Å². The van der Waals surface area contributed by atoms with Crippen molar-refractivity contribution in [2.45, 2.75) is 96.8 Å². The highest BCUT2D eigenvalue weighted by Gasteiger charge is 2.24. The summed E-state index contributed by atoms with van der Waals surface area (Å²) in [5.74, 6) is -1.46. The lowest BCUT2D eigenvalue weighted by molar-refractivity contribution is -0.870. The van der Waals surface area contributed by atoms with Gasteiger partial charge in [-0.25, -0.2) is 0 Å². The predicted molar refractivity (Wildman–Crippen MR) is 139 cm³/mol. The van der Waals surface area contributed by atoms with Crippen LogP contribution in [0.15, 0.2) is 12.1 Å². The van der Waals surface area contributed by atoms with Crippen LogP contribution in [0.25, 0.3) is 0 Å². The Morgan fingerprint density at radius 2 is 0.944 bits per heavy atom. The minimum atomic E-state index is -1.46. The lowest BCUT2D eigenvalue weighted by Gasteiger charge is -2.23. The molecule has 0 unspecified atom stereocenters. The summed E-state index contributed by atoms with van der Waals surface area (Å²) in [6, 6.07) is 0.769. The first-order valence-electron chi connectivity index (χ1n) is 13.0. The van der Waals surface area contributed by atoms with E-state index in [-0.39, 0.29) is 0 Å². The summed E-state index contributed by atoms with van der Waals surface area (Å²) in [7, 11) is 6.88. The predicted octanol–water partition coefficient (Wildman–Crippen LogP) is 6.66. The van der Waals surface area contributed by atoms with Crippen molar-refractivity contribution in [1.82, 2.24) is 0 Å². The molecule has 0 saturated carbocycles. The van der Waals surface area contributed by atoms with Crippen LogP contribution in [-0.2, 0) is 0 Å². The first-order valence-corrected chi connectivity index (χ1v) is 13.0. The topological polar surface area (TPSA) is 152 Å². The highest BCUT2D eigenvalue weighted by atomic mass is 16.6. The van der Waals surface area contributed by atoms with Crippen molar-refractivity contribution < 1.29 is 24.4 Å². The van der Waals surface area contributed by atoms with Crippen LogP contribution < -0.4 is 5.11 Å². The van der Waals surface area contributed by atoms with Crippen molar-refractivity contribution in [3.05, 3.63) is 42.5 Å². The molecule has 1 aromatic rings. The van der Waals surface area contributed by atoms with E-state index in [4.69, 9.17) is 0 Å². The minimum Gasteiger partial charge on any atom is -0.863 e. The third kappa shape index (κ3) is 16.0. The van der Waals surface area contributed by atoms with Crippen molar-refractivity contribution >= 4 is 17.1 Å². The highest BCUT2D eigenvalue weighted by molar-refractivity contribution is 5.63. The number of hydrogen-bond acceptors (Lipinski definition) is 7. The van der Waals surface area contributed by atoms with Crippen LogP contribution in [0.4, 0.5) is 17.1 Å². The summed E-state index contributed by atoms with van der Waals surface area (Å²) in [6.07, 6.45) is 20.4. The van der Waals surface area contributed by atoms with Gasteiger partial charge in [-0.3, -0.25) is 30.3 Å². The molecule has 0 aliphatic heterocycles. The third-order valence-electron chi connectivity index (χ3n) is 5.82. The van der Waals surface area contributed by atoms with Gasteiger partial charge in [-0.2, -0.15) is 0 Å². The first-order chi connectivity index (χ1) is 16.9. The molecule has 0 spiro atoms. The third-order valence-corrected chi connectivity index (χ3v) is 5.82. The summed E-state index contributed by atoms with van der Waals surface area (Å²) < 4.78 is 1.12. The van der Waals surface area contributed by atoms with Crippen LogP contribution in [0.3, 0.4) is 0 Å². The van der Waals surface area contributed by atoms with Crippen LogP contribution in [0.1, 0.15) is 96.8 Å². The summed E-state index contributed by atoms with van der Waals surface area (Å²) in [5, 5.41) is 42.1. The van der Waals surface area contributed by atoms with Crippen molar-refractivity contribution in [2.24, 2.45) is 0 Å². The Hall–Kier alpha value is -2.82. The second-order valence-electron chi connectivity index (χ2n) is 10.2.